The number of aryl methyl sites for hydroxylation is 1. The van der Waals surface area contributed by atoms with Gasteiger partial charge in [0.05, 0.1) is 19.0 Å². The third-order valence-corrected chi connectivity index (χ3v) is 2.72. The number of nitrogens with one attached hydrogen (secondary N) is 1. The summed E-state index contributed by atoms with van der Waals surface area (Å²) in [5.74, 6) is -0.364. The number of aromatic nitrogens is 3. The first-order valence-corrected chi connectivity index (χ1v) is 6.01. The number of hydrogen-bond acceptors (Lipinski definition) is 5. The molecular weight excluding hydrogens is 244 g/mol. The van der Waals surface area contributed by atoms with Gasteiger partial charge in [0.25, 0.3) is 0 Å². The van der Waals surface area contributed by atoms with Crippen LogP contribution in [-0.4, -0.2) is 27.8 Å². The number of ether oxygens (including phenoxy) is 1. The molecule has 2 rings (SSSR count). The summed E-state index contributed by atoms with van der Waals surface area (Å²) in [6.45, 7) is 2.77. The van der Waals surface area contributed by atoms with Crippen molar-refractivity contribution in [2.75, 3.05) is 12.4 Å². The fourth-order valence-corrected chi connectivity index (χ4v) is 1.72. The zero-order valence-corrected chi connectivity index (χ0v) is 10.9. The van der Waals surface area contributed by atoms with Gasteiger partial charge in [0, 0.05) is 30.7 Å². The second-order valence-corrected chi connectivity index (χ2v) is 3.97. The minimum absolute atomic E-state index is 0.364. The predicted molar refractivity (Wildman–Crippen MR) is 70.5 cm³/mol. The summed E-state index contributed by atoms with van der Waals surface area (Å²) in [4.78, 5) is 15.9. The second-order valence-electron chi connectivity index (χ2n) is 3.97. The van der Waals surface area contributed by atoms with E-state index in [1.165, 1.54) is 7.11 Å². The van der Waals surface area contributed by atoms with Crippen molar-refractivity contribution in [3.05, 3.63) is 42.5 Å². The van der Waals surface area contributed by atoms with Crippen LogP contribution in [0.25, 0.3) is 0 Å². The summed E-state index contributed by atoms with van der Waals surface area (Å²) < 4.78 is 6.59. The summed E-state index contributed by atoms with van der Waals surface area (Å²) in [6.07, 6.45) is 6.81. The normalized spacial score (nSPS) is 11.9. The van der Waals surface area contributed by atoms with E-state index in [9.17, 15) is 4.79 Å². The standard InChI is InChI=1S/C13H16N4O2/c1-3-17-9-11(8-15-17)16-12(13(18)19-2)10-5-4-6-14-7-10/h4-9,12,16H,3H2,1-2H3/t12-/m0/s1. The Labute approximate surface area is 111 Å². The quantitative estimate of drug-likeness (QED) is 0.827. The van der Waals surface area contributed by atoms with E-state index in [0.29, 0.717) is 0 Å². The Kier molecular flexibility index (Phi) is 4.12. The number of pyridine rings is 1. The highest BCUT2D eigenvalue weighted by Crippen LogP contribution is 2.19. The summed E-state index contributed by atoms with van der Waals surface area (Å²) in [6, 6.07) is 3.02. The van der Waals surface area contributed by atoms with Crippen molar-refractivity contribution in [3.63, 3.8) is 0 Å². The van der Waals surface area contributed by atoms with E-state index >= 15 is 0 Å². The molecule has 0 bridgehead atoms. The Morgan fingerprint density at radius 3 is 2.95 bits per heavy atom. The molecule has 0 radical (unpaired) electrons. The fourth-order valence-electron chi connectivity index (χ4n) is 1.72. The maximum Gasteiger partial charge on any atom is 0.333 e. The molecule has 6 heteroatoms. The maximum atomic E-state index is 11.9. The predicted octanol–water partition coefficient (Wildman–Crippen LogP) is 1.62. The minimum Gasteiger partial charge on any atom is -0.467 e. The van der Waals surface area contributed by atoms with Crippen LogP contribution in [0.5, 0.6) is 0 Å². The van der Waals surface area contributed by atoms with Gasteiger partial charge >= 0.3 is 5.97 Å². The molecule has 0 unspecified atom stereocenters. The lowest BCUT2D eigenvalue weighted by molar-refractivity contribution is -0.141. The van der Waals surface area contributed by atoms with Gasteiger partial charge in [0.1, 0.15) is 0 Å². The molecule has 0 aliphatic rings. The molecular formula is C13H16N4O2. The molecule has 0 spiro atoms. The summed E-state index contributed by atoms with van der Waals surface area (Å²) in [7, 11) is 1.36. The van der Waals surface area contributed by atoms with Crippen LogP contribution in [0.15, 0.2) is 36.9 Å². The molecule has 0 aromatic carbocycles. The van der Waals surface area contributed by atoms with E-state index in [0.717, 1.165) is 17.8 Å². The number of esters is 1. The second kappa shape index (κ2) is 5.99. The van der Waals surface area contributed by atoms with Gasteiger partial charge in [-0.1, -0.05) is 6.07 Å². The van der Waals surface area contributed by atoms with Crippen molar-refractivity contribution in [1.82, 2.24) is 14.8 Å². The molecule has 0 aliphatic carbocycles. The van der Waals surface area contributed by atoms with Gasteiger partial charge in [-0.05, 0) is 13.0 Å². The Bertz CT molecular complexity index is 539. The largest absolute Gasteiger partial charge is 0.467 e. The summed E-state index contributed by atoms with van der Waals surface area (Å²) in [5, 5.41) is 7.26. The average molecular weight is 260 g/mol. The van der Waals surface area contributed by atoms with Crippen molar-refractivity contribution >= 4 is 11.7 Å². The van der Waals surface area contributed by atoms with Gasteiger partial charge < -0.3 is 10.1 Å². The molecule has 2 aromatic heterocycles. The lowest BCUT2D eigenvalue weighted by Gasteiger charge is -2.16. The Morgan fingerprint density at radius 1 is 1.53 bits per heavy atom. The Hall–Kier alpha value is -2.37. The molecule has 0 saturated heterocycles. The third-order valence-electron chi connectivity index (χ3n) is 2.72. The zero-order valence-electron chi connectivity index (χ0n) is 10.9. The van der Waals surface area contributed by atoms with Gasteiger partial charge in [0.2, 0.25) is 0 Å². The minimum atomic E-state index is -0.590. The molecule has 6 nitrogen and oxygen atoms in total. The van der Waals surface area contributed by atoms with Crippen molar-refractivity contribution in [2.45, 2.75) is 19.5 Å². The number of hydrogen-bond donors (Lipinski definition) is 1. The molecule has 0 saturated carbocycles. The van der Waals surface area contributed by atoms with Crippen LogP contribution < -0.4 is 5.32 Å². The van der Waals surface area contributed by atoms with Crippen molar-refractivity contribution < 1.29 is 9.53 Å². The molecule has 1 atom stereocenters. The molecule has 0 aliphatic heterocycles. The lowest BCUT2D eigenvalue weighted by atomic mass is 10.1. The molecule has 100 valence electrons. The van der Waals surface area contributed by atoms with E-state index < -0.39 is 6.04 Å². The number of rotatable bonds is 5. The van der Waals surface area contributed by atoms with Crippen molar-refractivity contribution in [2.24, 2.45) is 0 Å². The first-order valence-electron chi connectivity index (χ1n) is 6.01. The van der Waals surface area contributed by atoms with Crippen LogP contribution in [0.1, 0.15) is 18.5 Å². The van der Waals surface area contributed by atoms with Crippen LogP contribution in [0.3, 0.4) is 0 Å². The van der Waals surface area contributed by atoms with Crippen LogP contribution in [0.4, 0.5) is 5.69 Å². The zero-order chi connectivity index (χ0) is 13.7. The third kappa shape index (κ3) is 3.09. The van der Waals surface area contributed by atoms with E-state index in [4.69, 9.17) is 4.74 Å². The average Bonchev–Trinajstić information content (AvgIpc) is 2.92. The van der Waals surface area contributed by atoms with Gasteiger partial charge in [-0.25, -0.2) is 4.79 Å². The first-order chi connectivity index (χ1) is 9.24. The number of carbonyl (C=O) groups is 1. The first kappa shape index (κ1) is 13.1. The topological polar surface area (TPSA) is 69.0 Å². The monoisotopic (exact) mass is 260 g/mol. The number of anilines is 1. The molecule has 2 aromatic rings. The fraction of sp³-hybridized carbons (Fsp3) is 0.308. The Balaban J connectivity index is 2.21. The molecule has 0 fully saturated rings. The van der Waals surface area contributed by atoms with E-state index in [-0.39, 0.29) is 5.97 Å². The number of carbonyl (C=O) groups excluding carboxylic acids is 1. The molecule has 1 N–H and O–H groups in total. The van der Waals surface area contributed by atoms with Crippen molar-refractivity contribution in [1.29, 1.82) is 0 Å². The number of nitrogens with zero attached hydrogens (tertiary/aromatic N) is 3. The summed E-state index contributed by atoms with van der Waals surface area (Å²) >= 11 is 0. The van der Waals surface area contributed by atoms with Crippen LogP contribution in [0.2, 0.25) is 0 Å². The van der Waals surface area contributed by atoms with E-state index in [2.05, 4.69) is 15.4 Å². The van der Waals surface area contributed by atoms with E-state index in [1.807, 2.05) is 19.2 Å². The number of methoxy groups -OCH3 is 1. The maximum absolute atomic E-state index is 11.9. The Morgan fingerprint density at radius 2 is 2.37 bits per heavy atom. The van der Waals surface area contributed by atoms with Crippen LogP contribution >= 0.6 is 0 Å². The summed E-state index contributed by atoms with van der Waals surface area (Å²) in [5.41, 5.74) is 1.51. The van der Waals surface area contributed by atoms with Gasteiger partial charge in [-0.2, -0.15) is 5.10 Å². The smallest absolute Gasteiger partial charge is 0.333 e. The van der Waals surface area contributed by atoms with E-state index in [1.54, 1.807) is 29.3 Å². The van der Waals surface area contributed by atoms with Gasteiger partial charge in [-0.3, -0.25) is 9.67 Å². The molecule has 19 heavy (non-hydrogen) atoms. The SMILES string of the molecule is CCn1cc(N[C@H](C(=O)OC)c2cccnc2)cn1. The lowest BCUT2D eigenvalue weighted by Crippen LogP contribution is -2.22. The van der Waals surface area contributed by atoms with Gasteiger partial charge in [0.15, 0.2) is 6.04 Å². The van der Waals surface area contributed by atoms with Gasteiger partial charge in [-0.15, -0.1) is 0 Å². The highest BCUT2D eigenvalue weighted by atomic mass is 16.5. The molecule has 0 amide bonds. The van der Waals surface area contributed by atoms with Crippen LogP contribution in [0, 0.1) is 0 Å². The molecule has 2 heterocycles. The highest BCUT2D eigenvalue weighted by molar-refractivity contribution is 5.80. The van der Waals surface area contributed by atoms with Crippen molar-refractivity contribution in [3.8, 4) is 0 Å². The highest BCUT2D eigenvalue weighted by Gasteiger charge is 2.21. The van der Waals surface area contributed by atoms with Crippen LogP contribution in [-0.2, 0) is 16.1 Å².